The predicted octanol–water partition coefficient (Wildman–Crippen LogP) is 2.47. The topological polar surface area (TPSA) is 80.9 Å². The number of aliphatic hydroxyl groups is 1. The lowest BCUT2D eigenvalue weighted by Gasteiger charge is -2.13. The lowest BCUT2D eigenvalue weighted by Crippen LogP contribution is -2.00. The van der Waals surface area contributed by atoms with Gasteiger partial charge in [0.2, 0.25) is 0 Å². The molecule has 0 unspecified atom stereocenters. The molecule has 4 nitrogen and oxygen atoms in total. The molecule has 2 rings (SSSR count). The quantitative estimate of drug-likeness (QED) is 0.680. The molecule has 19 heavy (non-hydrogen) atoms. The largest absolute Gasteiger partial charge is 0.508 e. The van der Waals surface area contributed by atoms with E-state index in [2.05, 4.69) is 0 Å². The maximum absolute atomic E-state index is 10.0. The number of hydrogen-bond donors (Lipinski definition) is 4. The van der Waals surface area contributed by atoms with Gasteiger partial charge in [-0.25, -0.2) is 0 Å². The smallest absolute Gasteiger partial charge is 0.125 e. The first-order valence-electron chi connectivity index (χ1n) is 6.04. The number of benzene rings is 2. The number of phenols is 3. The van der Waals surface area contributed by atoms with Crippen LogP contribution in [0.3, 0.4) is 0 Å². The van der Waals surface area contributed by atoms with Crippen molar-refractivity contribution in [3.63, 3.8) is 0 Å². The van der Waals surface area contributed by atoms with Crippen molar-refractivity contribution in [3.8, 4) is 17.2 Å². The van der Waals surface area contributed by atoms with E-state index in [0.29, 0.717) is 18.4 Å². The van der Waals surface area contributed by atoms with Crippen molar-refractivity contribution in [3.05, 3.63) is 53.6 Å². The fourth-order valence-corrected chi connectivity index (χ4v) is 1.98. The Morgan fingerprint density at radius 1 is 0.895 bits per heavy atom. The zero-order valence-corrected chi connectivity index (χ0v) is 10.3. The van der Waals surface area contributed by atoms with Gasteiger partial charge < -0.3 is 20.4 Å². The minimum absolute atomic E-state index is 0.0471. The van der Waals surface area contributed by atoms with E-state index in [1.54, 1.807) is 18.2 Å². The van der Waals surface area contributed by atoms with Crippen molar-refractivity contribution < 1.29 is 20.4 Å². The van der Waals surface area contributed by atoms with Gasteiger partial charge in [0.25, 0.3) is 0 Å². The van der Waals surface area contributed by atoms with E-state index in [1.807, 2.05) is 6.07 Å². The molecule has 4 N–H and O–H groups in total. The van der Waals surface area contributed by atoms with Gasteiger partial charge in [0, 0.05) is 11.6 Å². The summed E-state index contributed by atoms with van der Waals surface area (Å²) in [5.41, 5.74) is 1.12. The molecule has 4 heteroatoms. The molecule has 0 spiro atoms. The highest BCUT2D eigenvalue weighted by Gasteiger charge is 2.13. The second kappa shape index (κ2) is 5.63. The molecule has 0 saturated carbocycles. The SMILES string of the molecule is Oc1ccc([C@H](O)CCc2ccccc2O)c(O)c1. The van der Waals surface area contributed by atoms with Crippen LogP contribution in [0.5, 0.6) is 17.2 Å². The lowest BCUT2D eigenvalue weighted by molar-refractivity contribution is 0.164. The van der Waals surface area contributed by atoms with E-state index < -0.39 is 6.10 Å². The number of aryl methyl sites for hydroxylation is 1. The summed E-state index contributed by atoms with van der Waals surface area (Å²) in [6, 6.07) is 11.0. The summed E-state index contributed by atoms with van der Waals surface area (Å²) in [7, 11) is 0. The number of para-hydroxylation sites is 1. The van der Waals surface area contributed by atoms with Crippen LogP contribution in [0.4, 0.5) is 0 Å². The first-order chi connectivity index (χ1) is 9.08. The van der Waals surface area contributed by atoms with Crippen molar-refractivity contribution in [2.24, 2.45) is 0 Å². The third kappa shape index (κ3) is 3.17. The molecule has 2 aromatic rings. The maximum Gasteiger partial charge on any atom is 0.125 e. The Morgan fingerprint density at radius 2 is 1.63 bits per heavy atom. The van der Waals surface area contributed by atoms with Crippen LogP contribution in [0.15, 0.2) is 42.5 Å². The van der Waals surface area contributed by atoms with Crippen molar-refractivity contribution >= 4 is 0 Å². The normalized spacial score (nSPS) is 12.3. The van der Waals surface area contributed by atoms with Crippen LogP contribution in [0, 0.1) is 0 Å². The Labute approximate surface area is 111 Å². The van der Waals surface area contributed by atoms with Gasteiger partial charge in [0.15, 0.2) is 0 Å². The average molecular weight is 260 g/mol. The monoisotopic (exact) mass is 260 g/mol. The van der Waals surface area contributed by atoms with Crippen LogP contribution in [-0.4, -0.2) is 20.4 Å². The number of phenolic OH excluding ortho intramolecular Hbond substituents is 3. The van der Waals surface area contributed by atoms with Crippen LogP contribution in [0.2, 0.25) is 0 Å². The molecule has 0 heterocycles. The minimum Gasteiger partial charge on any atom is -0.508 e. The zero-order chi connectivity index (χ0) is 13.8. The van der Waals surface area contributed by atoms with Gasteiger partial charge in [-0.2, -0.15) is 0 Å². The van der Waals surface area contributed by atoms with Gasteiger partial charge in [-0.3, -0.25) is 0 Å². The summed E-state index contributed by atoms with van der Waals surface area (Å²) in [5, 5.41) is 38.5. The Kier molecular flexibility index (Phi) is 3.92. The number of rotatable bonds is 4. The Bertz CT molecular complexity index is 566. The molecule has 0 fully saturated rings. The Hall–Kier alpha value is -2.20. The van der Waals surface area contributed by atoms with E-state index in [0.717, 1.165) is 5.56 Å². The van der Waals surface area contributed by atoms with Crippen LogP contribution in [-0.2, 0) is 6.42 Å². The highest BCUT2D eigenvalue weighted by molar-refractivity contribution is 5.40. The Morgan fingerprint density at radius 3 is 2.32 bits per heavy atom. The number of aliphatic hydroxyl groups excluding tert-OH is 1. The molecule has 0 bridgehead atoms. The van der Waals surface area contributed by atoms with Crippen LogP contribution in [0.1, 0.15) is 23.7 Å². The lowest BCUT2D eigenvalue weighted by atomic mass is 10.00. The molecular formula is C15H16O4. The van der Waals surface area contributed by atoms with Crippen LogP contribution in [0.25, 0.3) is 0 Å². The van der Waals surface area contributed by atoms with Crippen molar-refractivity contribution in [1.29, 1.82) is 0 Å². The van der Waals surface area contributed by atoms with E-state index in [9.17, 15) is 20.4 Å². The third-order valence-electron chi connectivity index (χ3n) is 3.05. The summed E-state index contributed by atoms with van der Waals surface area (Å²) in [5.74, 6) is 0.0172. The molecular weight excluding hydrogens is 244 g/mol. The molecule has 100 valence electrons. The molecule has 0 aliphatic carbocycles. The van der Waals surface area contributed by atoms with Crippen molar-refractivity contribution in [1.82, 2.24) is 0 Å². The van der Waals surface area contributed by atoms with Gasteiger partial charge >= 0.3 is 0 Å². The highest BCUT2D eigenvalue weighted by Crippen LogP contribution is 2.31. The second-order valence-electron chi connectivity index (χ2n) is 4.43. The van der Waals surface area contributed by atoms with Gasteiger partial charge in [-0.15, -0.1) is 0 Å². The fourth-order valence-electron chi connectivity index (χ4n) is 1.98. The molecule has 0 aliphatic rings. The van der Waals surface area contributed by atoms with Crippen molar-refractivity contribution in [2.45, 2.75) is 18.9 Å². The van der Waals surface area contributed by atoms with Gasteiger partial charge in [0.05, 0.1) is 6.10 Å². The fraction of sp³-hybridized carbons (Fsp3) is 0.200. The first-order valence-corrected chi connectivity index (χ1v) is 6.04. The zero-order valence-electron chi connectivity index (χ0n) is 10.3. The van der Waals surface area contributed by atoms with Gasteiger partial charge in [-0.1, -0.05) is 18.2 Å². The summed E-state index contributed by atoms with van der Waals surface area (Å²) in [4.78, 5) is 0. The first kappa shape index (κ1) is 13.2. The predicted molar refractivity (Wildman–Crippen MR) is 71.2 cm³/mol. The second-order valence-corrected chi connectivity index (χ2v) is 4.43. The molecule has 0 aromatic heterocycles. The van der Waals surface area contributed by atoms with Crippen LogP contribution < -0.4 is 0 Å². The van der Waals surface area contributed by atoms with Gasteiger partial charge in [0.1, 0.15) is 17.2 Å². The highest BCUT2D eigenvalue weighted by atomic mass is 16.3. The standard InChI is InChI=1S/C15H16O4/c16-11-6-7-12(15(19)9-11)14(18)8-5-10-3-1-2-4-13(10)17/h1-4,6-7,9,14,16-19H,5,8H2/t14-/m1/s1. The minimum atomic E-state index is -0.847. The molecule has 2 aromatic carbocycles. The third-order valence-corrected chi connectivity index (χ3v) is 3.05. The van der Waals surface area contributed by atoms with Crippen molar-refractivity contribution in [2.75, 3.05) is 0 Å². The number of hydrogen-bond acceptors (Lipinski definition) is 4. The van der Waals surface area contributed by atoms with Crippen LogP contribution >= 0.6 is 0 Å². The van der Waals surface area contributed by atoms with E-state index >= 15 is 0 Å². The maximum atomic E-state index is 10.0. The molecule has 0 aliphatic heterocycles. The summed E-state index contributed by atoms with van der Waals surface area (Å²) in [6.07, 6.45) is 0.0181. The van der Waals surface area contributed by atoms with E-state index in [1.165, 1.54) is 18.2 Å². The van der Waals surface area contributed by atoms with Gasteiger partial charge in [-0.05, 0) is 36.6 Å². The average Bonchev–Trinajstić information content (AvgIpc) is 2.37. The molecule has 0 radical (unpaired) electrons. The summed E-state index contributed by atoms with van der Waals surface area (Å²) < 4.78 is 0. The molecule has 0 amide bonds. The number of aromatic hydroxyl groups is 3. The Balaban J connectivity index is 2.05. The summed E-state index contributed by atoms with van der Waals surface area (Å²) in [6.45, 7) is 0. The van der Waals surface area contributed by atoms with E-state index in [4.69, 9.17) is 0 Å². The van der Waals surface area contributed by atoms with E-state index in [-0.39, 0.29) is 17.2 Å². The molecule has 0 saturated heterocycles. The molecule has 1 atom stereocenters. The summed E-state index contributed by atoms with van der Waals surface area (Å²) >= 11 is 0.